The molecule has 1 aromatic rings. The molecule has 0 bridgehead atoms. The molecule has 0 radical (unpaired) electrons. The Morgan fingerprint density at radius 3 is 1.60 bits per heavy atom. The van der Waals surface area contributed by atoms with Crippen LogP contribution in [-0.4, -0.2) is 68.2 Å². The highest BCUT2D eigenvalue weighted by atomic mass is 16.5. The third kappa shape index (κ3) is 13.5. The average Bonchev–Trinajstić information content (AvgIpc) is 3.00. The molecule has 1 rings (SSSR count). The smallest absolute Gasteiger partial charge is 0.129 e. The third-order valence-corrected chi connectivity index (χ3v) is 1.95. The van der Waals surface area contributed by atoms with E-state index in [1.807, 2.05) is 0 Å². The lowest BCUT2D eigenvalue weighted by atomic mass is 10.5. The van der Waals surface area contributed by atoms with Crippen molar-refractivity contribution in [1.82, 2.24) is 0 Å². The highest BCUT2D eigenvalue weighted by Crippen LogP contribution is 1.96. The molecule has 0 unspecified atom stereocenters. The molecule has 0 aliphatic carbocycles. The third-order valence-electron chi connectivity index (χ3n) is 1.95. The zero-order valence-corrected chi connectivity index (χ0v) is 11.6. The fourth-order valence-electron chi connectivity index (χ4n) is 1.07. The van der Waals surface area contributed by atoms with Gasteiger partial charge >= 0.3 is 0 Å². The van der Waals surface area contributed by atoms with Crippen LogP contribution in [0.1, 0.15) is 5.76 Å². The Labute approximate surface area is 118 Å². The van der Waals surface area contributed by atoms with Crippen LogP contribution in [0.3, 0.4) is 0 Å². The molecule has 0 saturated heterocycles. The van der Waals surface area contributed by atoms with Gasteiger partial charge in [0.2, 0.25) is 0 Å². The summed E-state index contributed by atoms with van der Waals surface area (Å²) in [5.74, 6) is 0.611. The Morgan fingerprint density at radius 1 is 0.800 bits per heavy atom. The second-order valence-electron chi connectivity index (χ2n) is 3.52. The maximum absolute atomic E-state index is 8.36. The second-order valence-corrected chi connectivity index (χ2v) is 3.52. The zero-order valence-electron chi connectivity index (χ0n) is 11.6. The fourth-order valence-corrected chi connectivity index (χ4v) is 1.07. The first-order valence-corrected chi connectivity index (χ1v) is 6.43. The molecule has 0 aliphatic rings. The molecule has 0 aliphatic heterocycles. The largest absolute Gasteiger partial charge is 0.467 e. The molecule has 0 saturated carbocycles. The number of hydrogen-bond acceptors (Lipinski definition) is 7. The predicted octanol–water partition coefficient (Wildman–Crippen LogP) is -0.207. The number of furan rings is 1. The summed E-state index contributed by atoms with van der Waals surface area (Å²) in [7, 11) is 0. The monoisotopic (exact) mass is 292 g/mol. The van der Waals surface area contributed by atoms with Crippen LogP contribution in [0.5, 0.6) is 0 Å². The summed E-state index contributed by atoms with van der Waals surface area (Å²) in [5.41, 5.74) is 0. The van der Waals surface area contributed by atoms with Crippen LogP contribution in [0.2, 0.25) is 0 Å². The molecule has 0 spiro atoms. The molecule has 118 valence electrons. The van der Waals surface area contributed by atoms with E-state index in [2.05, 4.69) is 0 Å². The lowest BCUT2D eigenvalue weighted by molar-refractivity contribution is 0.00230. The van der Waals surface area contributed by atoms with E-state index in [1.54, 1.807) is 12.1 Å². The van der Waals surface area contributed by atoms with Crippen LogP contribution in [0.25, 0.3) is 0 Å². The number of rotatable bonds is 11. The molecule has 1 aromatic heterocycles. The van der Waals surface area contributed by atoms with Crippen molar-refractivity contribution < 1.29 is 33.9 Å². The number of ether oxygens (including phenoxy) is 3. The topological polar surface area (TPSA) is 102 Å². The quantitative estimate of drug-likeness (QED) is 0.485. The van der Waals surface area contributed by atoms with E-state index in [0.29, 0.717) is 45.4 Å². The van der Waals surface area contributed by atoms with Gasteiger partial charge in [0.25, 0.3) is 0 Å². The molecule has 0 fully saturated rings. The Hall–Kier alpha value is -0.960. The second kappa shape index (κ2) is 16.1. The van der Waals surface area contributed by atoms with Gasteiger partial charge in [-0.2, -0.15) is 0 Å². The van der Waals surface area contributed by atoms with Gasteiger partial charge in [0.05, 0.1) is 59.1 Å². The number of hydrogen-bond donors (Lipinski definition) is 3. The molecule has 3 N–H and O–H groups in total. The van der Waals surface area contributed by atoms with Crippen LogP contribution in [0.15, 0.2) is 22.8 Å². The molecule has 0 atom stereocenters. The maximum atomic E-state index is 8.36. The Morgan fingerprint density at radius 2 is 1.30 bits per heavy atom. The standard InChI is InChI=1S/C8H18O5.C5H6O2/c9-1-3-11-5-7-13-8-6-12-4-2-10;6-4-5-2-1-3-7-5/h9-10H,1-8H2;1-3,6H,4H2. The van der Waals surface area contributed by atoms with Crippen molar-refractivity contribution in [2.75, 3.05) is 52.9 Å². The van der Waals surface area contributed by atoms with Crippen molar-refractivity contribution in [2.24, 2.45) is 0 Å². The lowest BCUT2D eigenvalue weighted by Gasteiger charge is -2.04. The first-order chi connectivity index (χ1) is 9.85. The van der Waals surface area contributed by atoms with Gasteiger partial charge in [0, 0.05) is 0 Å². The zero-order chi connectivity index (χ0) is 14.9. The van der Waals surface area contributed by atoms with Crippen LogP contribution in [-0.2, 0) is 20.8 Å². The van der Waals surface area contributed by atoms with Gasteiger partial charge in [-0.15, -0.1) is 0 Å². The number of aliphatic hydroxyl groups excluding tert-OH is 3. The van der Waals surface area contributed by atoms with Gasteiger partial charge in [0.1, 0.15) is 12.4 Å². The fraction of sp³-hybridized carbons (Fsp3) is 0.692. The summed E-state index contributed by atoms with van der Waals surface area (Å²) in [4.78, 5) is 0. The van der Waals surface area contributed by atoms with Gasteiger partial charge in [-0.05, 0) is 12.1 Å². The van der Waals surface area contributed by atoms with Crippen LogP contribution < -0.4 is 0 Å². The molecule has 7 heteroatoms. The minimum absolute atomic E-state index is 0.00694. The normalized spacial score (nSPS) is 10.2. The summed E-state index contributed by atoms with van der Waals surface area (Å²) in [6.45, 7) is 2.76. The van der Waals surface area contributed by atoms with Crippen molar-refractivity contribution in [3.63, 3.8) is 0 Å². The summed E-state index contributed by atoms with van der Waals surface area (Å²) < 4.78 is 19.8. The summed E-state index contributed by atoms with van der Waals surface area (Å²) >= 11 is 0. The van der Waals surface area contributed by atoms with Crippen molar-refractivity contribution in [3.8, 4) is 0 Å². The van der Waals surface area contributed by atoms with Gasteiger partial charge in [0.15, 0.2) is 0 Å². The summed E-state index contributed by atoms with van der Waals surface area (Å²) in [5, 5.41) is 25.0. The van der Waals surface area contributed by atoms with E-state index in [4.69, 9.17) is 33.9 Å². The van der Waals surface area contributed by atoms with Crippen LogP contribution in [0.4, 0.5) is 0 Å². The Kier molecular flexibility index (Phi) is 15.3. The lowest BCUT2D eigenvalue weighted by Crippen LogP contribution is -2.11. The minimum Gasteiger partial charge on any atom is -0.467 e. The maximum Gasteiger partial charge on any atom is 0.129 e. The van der Waals surface area contributed by atoms with Crippen LogP contribution in [0, 0.1) is 0 Å². The summed E-state index contributed by atoms with van der Waals surface area (Å²) in [6, 6.07) is 3.46. The van der Waals surface area contributed by atoms with Gasteiger partial charge in [-0.3, -0.25) is 0 Å². The first-order valence-electron chi connectivity index (χ1n) is 6.43. The first kappa shape index (κ1) is 19.0. The average molecular weight is 292 g/mol. The van der Waals surface area contributed by atoms with Gasteiger partial charge < -0.3 is 33.9 Å². The van der Waals surface area contributed by atoms with Crippen molar-refractivity contribution in [3.05, 3.63) is 24.2 Å². The SMILES string of the molecule is OCCOCCOCCOCCO.OCc1ccco1. The highest BCUT2D eigenvalue weighted by molar-refractivity contribution is 4.95. The Balaban J connectivity index is 0.000000428. The van der Waals surface area contributed by atoms with E-state index in [9.17, 15) is 0 Å². The van der Waals surface area contributed by atoms with Gasteiger partial charge in [-0.1, -0.05) is 0 Å². The predicted molar refractivity (Wildman–Crippen MR) is 71.3 cm³/mol. The van der Waals surface area contributed by atoms with Crippen molar-refractivity contribution in [1.29, 1.82) is 0 Å². The molecule has 0 amide bonds. The van der Waals surface area contributed by atoms with E-state index >= 15 is 0 Å². The molecule has 0 aromatic carbocycles. The van der Waals surface area contributed by atoms with E-state index in [0.717, 1.165) is 0 Å². The molecule has 20 heavy (non-hydrogen) atoms. The number of aliphatic hydroxyl groups is 3. The molecule has 7 nitrogen and oxygen atoms in total. The minimum atomic E-state index is -0.00694. The molecule has 1 heterocycles. The molecular formula is C13H24O7. The molecular weight excluding hydrogens is 268 g/mol. The van der Waals surface area contributed by atoms with Crippen molar-refractivity contribution >= 4 is 0 Å². The van der Waals surface area contributed by atoms with Crippen molar-refractivity contribution in [2.45, 2.75) is 6.61 Å². The highest BCUT2D eigenvalue weighted by Gasteiger charge is 1.90. The Bertz CT molecular complexity index is 254. The van der Waals surface area contributed by atoms with Gasteiger partial charge in [-0.25, -0.2) is 0 Å². The van der Waals surface area contributed by atoms with E-state index < -0.39 is 0 Å². The summed E-state index contributed by atoms with van der Waals surface area (Å²) in [6.07, 6.45) is 1.53. The van der Waals surface area contributed by atoms with E-state index in [1.165, 1.54) is 6.26 Å². The van der Waals surface area contributed by atoms with E-state index in [-0.39, 0.29) is 19.8 Å². The van der Waals surface area contributed by atoms with Crippen LogP contribution >= 0.6 is 0 Å².